The van der Waals surface area contributed by atoms with Crippen LogP contribution in [-0.2, 0) is 17.3 Å². The topological polar surface area (TPSA) is 12.5 Å². The predicted molar refractivity (Wildman–Crippen MR) is 44.8 cm³/mol. The van der Waals surface area contributed by atoms with Gasteiger partial charge < -0.3 is 4.74 Å². The molecule has 1 aromatic carbocycles. The molecule has 0 spiro atoms. The Morgan fingerprint density at radius 1 is 1.33 bits per heavy atom. The third-order valence-corrected chi connectivity index (χ3v) is 2.20. The van der Waals surface area contributed by atoms with E-state index >= 15 is 0 Å². The average molecular weight is 220 g/mol. The molecule has 1 heterocycles. The summed E-state index contributed by atoms with van der Waals surface area (Å²) in [6.07, 6.45) is -4.23. The molecule has 1 atom stereocenters. The first-order valence-corrected chi connectivity index (χ1v) is 4.44. The number of ether oxygens (including phenoxy) is 1. The highest BCUT2D eigenvalue weighted by Crippen LogP contribution is 2.32. The summed E-state index contributed by atoms with van der Waals surface area (Å²) in [7, 11) is 0. The molecule has 82 valence electrons. The SMILES string of the molecule is Fc1ccc(CC2CO2)cc1C(F)(F)F. The maximum atomic E-state index is 12.9. The summed E-state index contributed by atoms with van der Waals surface area (Å²) in [5.74, 6) is -1.23. The zero-order valence-electron chi connectivity index (χ0n) is 7.64. The van der Waals surface area contributed by atoms with Crippen LogP contribution >= 0.6 is 0 Å². The van der Waals surface area contributed by atoms with E-state index in [-0.39, 0.29) is 6.10 Å². The molecule has 0 saturated carbocycles. The summed E-state index contributed by atoms with van der Waals surface area (Å²) in [6, 6.07) is 3.05. The van der Waals surface area contributed by atoms with Gasteiger partial charge in [-0.15, -0.1) is 0 Å². The van der Waals surface area contributed by atoms with Gasteiger partial charge in [0.25, 0.3) is 0 Å². The van der Waals surface area contributed by atoms with Gasteiger partial charge in [-0.25, -0.2) is 4.39 Å². The maximum absolute atomic E-state index is 12.9. The quantitative estimate of drug-likeness (QED) is 0.551. The normalized spacial score (nSPS) is 20.4. The van der Waals surface area contributed by atoms with Crippen LogP contribution < -0.4 is 0 Å². The van der Waals surface area contributed by atoms with Crippen LogP contribution in [0.25, 0.3) is 0 Å². The lowest BCUT2D eigenvalue weighted by molar-refractivity contribution is -0.140. The van der Waals surface area contributed by atoms with Crippen LogP contribution in [0.3, 0.4) is 0 Å². The van der Waals surface area contributed by atoms with Crippen molar-refractivity contribution >= 4 is 0 Å². The fourth-order valence-electron chi connectivity index (χ4n) is 1.37. The lowest BCUT2D eigenvalue weighted by Gasteiger charge is -2.09. The summed E-state index contributed by atoms with van der Waals surface area (Å²) in [5, 5.41) is 0. The number of halogens is 4. The summed E-state index contributed by atoms with van der Waals surface area (Å²) >= 11 is 0. The monoisotopic (exact) mass is 220 g/mol. The van der Waals surface area contributed by atoms with E-state index < -0.39 is 17.6 Å². The Balaban J connectivity index is 2.27. The van der Waals surface area contributed by atoms with Crippen molar-refractivity contribution in [2.75, 3.05) is 6.61 Å². The Hall–Kier alpha value is -1.10. The highest BCUT2D eigenvalue weighted by Gasteiger charge is 2.34. The molecule has 0 amide bonds. The lowest BCUT2D eigenvalue weighted by Crippen LogP contribution is -2.09. The van der Waals surface area contributed by atoms with E-state index in [9.17, 15) is 17.6 Å². The third-order valence-electron chi connectivity index (χ3n) is 2.20. The van der Waals surface area contributed by atoms with Crippen molar-refractivity contribution in [3.8, 4) is 0 Å². The van der Waals surface area contributed by atoms with Gasteiger partial charge >= 0.3 is 6.18 Å². The molecule has 1 aliphatic rings. The smallest absolute Gasteiger partial charge is 0.373 e. The van der Waals surface area contributed by atoms with Crippen LogP contribution in [0.4, 0.5) is 17.6 Å². The standard InChI is InChI=1S/C10H8F4O/c11-9-2-1-6(3-7-5-15-7)4-8(9)10(12,13)14/h1-2,4,7H,3,5H2. The van der Waals surface area contributed by atoms with Gasteiger partial charge in [0, 0.05) is 6.42 Å². The molecular formula is C10H8F4O. The Kier molecular flexibility index (Phi) is 2.42. The van der Waals surface area contributed by atoms with Crippen molar-refractivity contribution in [1.82, 2.24) is 0 Å². The third kappa shape index (κ3) is 2.47. The first-order chi connectivity index (χ1) is 6.97. The first-order valence-electron chi connectivity index (χ1n) is 4.44. The minimum Gasteiger partial charge on any atom is -0.373 e. The second-order valence-corrected chi connectivity index (χ2v) is 3.47. The summed E-state index contributed by atoms with van der Waals surface area (Å²) < 4.78 is 54.7. The molecule has 0 aliphatic carbocycles. The Morgan fingerprint density at radius 2 is 2.00 bits per heavy atom. The minimum atomic E-state index is -4.63. The molecule has 1 saturated heterocycles. The summed E-state index contributed by atoms with van der Waals surface area (Å²) in [4.78, 5) is 0. The number of benzene rings is 1. The second kappa shape index (κ2) is 3.48. The second-order valence-electron chi connectivity index (χ2n) is 3.47. The largest absolute Gasteiger partial charge is 0.419 e. The molecule has 0 N–H and O–H groups in total. The number of alkyl halides is 3. The maximum Gasteiger partial charge on any atom is 0.419 e. The molecule has 0 radical (unpaired) electrons. The molecular weight excluding hydrogens is 212 g/mol. The van der Waals surface area contributed by atoms with E-state index in [2.05, 4.69) is 0 Å². The molecule has 1 aromatic rings. The highest BCUT2D eigenvalue weighted by atomic mass is 19.4. The average Bonchev–Trinajstić information content (AvgIpc) is 2.90. The van der Waals surface area contributed by atoms with Gasteiger partial charge in [-0.1, -0.05) is 6.07 Å². The van der Waals surface area contributed by atoms with E-state index in [1.807, 2.05) is 0 Å². The Morgan fingerprint density at radius 3 is 2.53 bits per heavy atom. The number of epoxide rings is 1. The first kappa shape index (κ1) is 10.4. The highest BCUT2D eigenvalue weighted by molar-refractivity contribution is 5.28. The van der Waals surface area contributed by atoms with E-state index in [4.69, 9.17) is 4.74 Å². The van der Waals surface area contributed by atoms with Crippen LogP contribution in [0.1, 0.15) is 11.1 Å². The van der Waals surface area contributed by atoms with E-state index in [0.717, 1.165) is 12.1 Å². The van der Waals surface area contributed by atoms with Crippen molar-refractivity contribution in [2.45, 2.75) is 18.7 Å². The van der Waals surface area contributed by atoms with Crippen LogP contribution in [0.2, 0.25) is 0 Å². The molecule has 0 aromatic heterocycles. The van der Waals surface area contributed by atoms with E-state index in [0.29, 0.717) is 18.6 Å². The zero-order chi connectivity index (χ0) is 11.1. The van der Waals surface area contributed by atoms with Gasteiger partial charge in [0.1, 0.15) is 5.82 Å². The van der Waals surface area contributed by atoms with E-state index in [1.165, 1.54) is 6.07 Å². The van der Waals surface area contributed by atoms with Crippen molar-refractivity contribution in [3.63, 3.8) is 0 Å². The Labute approximate surface area is 83.7 Å². The van der Waals surface area contributed by atoms with Crippen molar-refractivity contribution in [1.29, 1.82) is 0 Å². The van der Waals surface area contributed by atoms with Gasteiger partial charge in [0.2, 0.25) is 0 Å². The zero-order valence-corrected chi connectivity index (χ0v) is 7.64. The predicted octanol–water partition coefficient (Wildman–Crippen LogP) is 2.79. The molecule has 0 bridgehead atoms. The van der Waals surface area contributed by atoms with Crippen LogP contribution in [0, 0.1) is 5.82 Å². The fraction of sp³-hybridized carbons (Fsp3) is 0.400. The van der Waals surface area contributed by atoms with Crippen molar-refractivity contribution < 1.29 is 22.3 Å². The fourth-order valence-corrected chi connectivity index (χ4v) is 1.37. The van der Waals surface area contributed by atoms with Crippen molar-refractivity contribution in [3.05, 3.63) is 35.1 Å². The van der Waals surface area contributed by atoms with Gasteiger partial charge in [-0.05, 0) is 17.7 Å². The van der Waals surface area contributed by atoms with Crippen LogP contribution in [0.5, 0.6) is 0 Å². The summed E-state index contributed by atoms with van der Waals surface area (Å²) in [6.45, 7) is 0.568. The van der Waals surface area contributed by atoms with Crippen LogP contribution in [-0.4, -0.2) is 12.7 Å². The molecule has 5 heteroatoms. The molecule has 1 nitrogen and oxygen atoms in total. The minimum absolute atomic E-state index is 0.00320. The number of hydrogen-bond acceptors (Lipinski definition) is 1. The van der Waals surface area contributed by atoms with Gasteiger partial charge in [0.05, 0.1) is 18.3 Å². The van der Waals surface area contributed by atoms with Gasteiger partial charge in [-0.2, -0.15) is 13.2 Å². The van der Waals surface area contributed by atoms with Crippen LogP contribution in [0.15, 0.2) is 18.2 Å². The molecule has 1 unspecified atom stereocenters. The molecule has 2 rings (SSSR count). The van der Waals surface area contributed by atoms with Crippen molar-refractivity contribution in [2.24, 2.45) is 0 Å². The van der Waals surface area contributed by atoms with E-state index in [1.54, 1.807) is 0 Å². The van der Waals surface area contributed by atoms with Gasteiger partial charge in [0.15, 0.2) is 0 Å². The lowest BCUT2D eigenvalue weighted by atomic mass is 10.1. The number of hydrogen-bond donors (Lipinski definition) is 0. The number of rotatable bonds is 2. The molecule has 1 fully saturated rings. The molecule has 15 heavy (non-hydrogen) atoms. The Bertz CT molecular complexity index is 368. The molecule has 1 aliphatic heterocycles. The van der Waals surface area contributed by atoms with Gasteiger partial charge in [-0.3, -0.25) is 0 Å². The summed E-state index contributed by atoms with van der Waals surface area (Å²) in [5.41, 5.74) is -0.758.